The largest absolute Gasteiger partial charge is 0.368 e. The van der Waals surface area contributed by atoms with Crippen molar-refractivity contribution in [2.24, 2.45) is 5.92 Å². The number of benzene rings is 1. The first-order valence-electron chi connectivity index (χ1n) is 8.86. The number of amides is 2. The van der Waals surface area contributed by atoms with Gasteiger partial charge in [-0.25, -0.2) is 0 Å². The van der Waals surface area contributed by atoms with Gasteiger partial charge in [0.25, 0.3) is 0 Å². The van der Waals surface area contributed by atoms with Crippen LogP contribution in [0.4, 0.5) is 5.69 Å². The van der Waals surface area contributed by atoms with E-state index < -0.39 is 0 Å². The third-order valence-corrected chi connectivity index (χ3v) is 4.58. The number of para-hydroxylation sites is 1. The molecular formula is C19H28N2O3. The summed E-state index contributed by atoms with van der Waals surface area (Å²) in [6.45, 7) is 4.19. The zero-order valence-electron chi connectivity index (χ0n) is 14.6. The van der Waals surface area contributed by atoms with Crippen LogP contribution in [-0.2, 0) is 20.7 Å². The van der Waals surface area contributed by atoms with Gasteiger partial charge in [0.05, 0.1) is 12.6 Å². The first-order chi connectivity index (χ1) is 11.6. The van der Waals surface area contributed by atoms with Gasteiger partial charge in [-0.05, 0) is 36.8 Å². The molecule has 5 heteroatoms. The third-order valence-electron chi connectivity index (χ3n) is 4.58. The molecule has 1 aliphatic carbocycles. The molecule has 0 bridgehead atoms. The molecule has 0 radical (unpaired) electrons. The molecule has 0 unspecified atom stereocenters. The van der Waals surface area contributed by atoms with Crippen LogP contribution in [0.15, 0.2) is 24.3 Å². The lowest BCUT2D eigenvalue weighted by Gasteiger charge is -2.28. The molecule has 1 aromatic rings. The molecule has 2 rings (SSSR count). The van der Waals surface area contributed by atoms with Crippen LogP contribution in [0.2, 0.25) is 0 Å². The Morgan fingerprint density at radius 3 is 2.67 bits per heavy atom. The number of nitrogens with one attached hydrogen (secondary N) is 2. The molecule has 132 valence electrons. The molecule has 0 spiro atoms. The van der Waals surface area contributed by atoms with Crippen molar-refractivity contribution in [3.8, 4) is 0 Å². The van der Waals surface area contributed by atoms with E-state index in [4.69, 9.17) is 4.74 Å². The summed E-state index contributed by atoms with van der Waals surface area (Å²) in [5, 5.41) is 5.45. The van der Waals surface area contributed by atoms with E-state index in [9.17, 15) is 9.59 Å². The zero-order valence-corrected chi connectivity index (χ0v) is 14.6. The summed E-state index contributed by atoms with van der Waals surface area (Å²) in [5.41, 5.74) is 1.87. The van der Waals surface area contributed by atoms with Gasteiger partial charge in [0.1, 0.15) is 6.61 Å². The topological polar surface area (TPSA) is 67.4 Å². The van der Waals surface area contributed by atoms with Crippen molar-refractivity contribution in [3.63, 3.8) is 0 Å². The first kappa shape index (κ1) is 18.5. The number of hydrogen-bond acceptors (Lipinski definition) is 3. The SMILES string of the molecule is CCc1ccccc1NC(=O)CNC(=O)CO[C@@H]1CCCC[C@H]1C. The van der Waals surface area contributed by atoms with Crippen molar-refractivity contribution in [3.05, 3.63) is 29.8 Å². The fourth-order valence-corrected chi connectivity index (χ4v) is 3.09. The quantitative estimate of drug-likeness (QED) is 0.807. The second kappa shape index (κ2) is 9.42. The van der Waals surface area contributed by atoms with Crippen LogP contribution in [0, 0.1) is 5.92 Å². The molecule has 1 saturated carbocycles. The summed E-state index contributed by atoms with van der Waals surface area (Å²) in [6.07, 6.45) is 5.59. The van der Waals surface area contributed by atoms with E-state index in [0.29, 0.717) is 5.92 Å². The van der Waals surface area contributed by atoms with Gasteiger partial charge >= 0.3 is 0 Å². The highest BCUT2D eigenvalue weighted by Crippen LogP contribution is 2.26. The minimum Gasteiger partial charge on any atom is -0.368 e. The highest BCUT2D eigenvalue weighted by atomic mass is 16.5. The molecule has 0 heterocycles. The first-order valence-corrected chi connectivity index (χ1v) is 8.86. The normalized spacial score (nSPS) is 20.4. The highest BCUT2D eigenvalue weighted by molar-refractivity contribution is 5.95. The Balaban J connectivity index is 1.70. The Kier molecular flexibility index (Phi) is 7.25. The van der Waals surface area contributed by atoms with E-state index in [1.165, 1.54) is 6.42 Å². The summed E-state index contributed by atoms with van der Waals surface area (Å²) in [5.74, 6) is 0.0300. The summed E-state index contributed by atoms with van der Waals surface area (Å²) >= 11 is 0. The molecule has 0 aliphatic heterocycles. The fraction of sp³-hybridized carbons (Fsp3) is 0.579. The highest BCUT2D eigenvalue weighted by Gasteiger charge is 2.22. The molecule has 2 amide bonds. The third kappa shape index (κ3) is 5.64. The van der Waals surface area contributed by atoms with E-state index in [1.807, 2.05) is 31.2 Å². The average Bonchev–Trinajstić information content (AvgIpc) is 2.59. The lowest BCUT2D eigenvalue weighted by Crippen LogP contribution is -2.37. The van der Waals surface area contributed by atoms with E-state index in [1.54, 1.807) is 0 Å². The lowest BCUT2D eigenvalue weighted by atomic mass is 9.88. The van der Waals surface area contributed by atoms with E-state index in [0.717, 1.165) is 36.9 Å². The molecular weight excluding hydrogens is 304 g/mol. The Hall–Kier alpha value is -1.88. The maximum atomic E-state index is 12.0. The molecule has 24 heavy (non-hydrogen) atoms. The summed E-state index contributed by atoms with van der Waals surface area (Å²) in [7, 11) is 0. The van der Waals surface area contributed by atoms with Crippen LogP contribution in [0.3, 0.4) is 0 Å². The summed E-state index contributed by atoms with van der Waals surface area (Å²) in [4.78, 5) is 23.8. The van der Waals surface area contributed by atoms with Gasteiger partial charge < -0.3 is 15.4 Å². The Labute approximate surface area is 144 Å². The van der Waals surface area contributed by atoms with Gasteiger partial charge in [0, 0.05) is 5.69 Å². The average molecular weight is 332 g/mol. The second-order valence-corrected chi connectivity index (χ2v) is 6.45. The van der Waals surface area contributed by atoms with Gasteiger partial charge in [-0.2, -0.15) is 0 Å². The Bertz CT molecular complexity index is 559. The monoisotopic (exact) mass is 332 g/mol. The Morgan fingerprint density at radius 2 is 1.92 bits per heavy atom. The predicted octanol–water partition coefficient (Wildman–Crippen LogP) is 2.90. The number of carbonyl (C=O) groups excluding carboxylic acids is 2. The van der Waals surface area contributed by atoms with Crippen LogP contribution < -0.4 is 10.6 Å². The fourth-order valence-electron chi connectivity index (χ4n) is 3.09. The van der Waals surface area contributed by atoms with Crippen LogP contribution in [-0.4, -0.2) is 31.1 Å². The van der Waals surface area contributed by atoms with Crippen molar-refractivity contribution in [2.45, 2.75) is 52.1 Å². The van der Waals surface area contributed by atoms with Gasteiger partial charge in [0.2, 0.25) is 11.8 Å². The molecule has 0 aromatic heterocycles. The molecule has 1 fully saturated rings. The standard InChI is InChI=1S/C19H28N2O3/c1-3-15-9-5-6-10-16(15)21-18(22)12-20-19(23)13-24-17-11-7-4-8-14(17)2/h5-6,9-10,14,17H,3-4,7-8,11-13H2,1-2H3,(H,20,23)(H,21,22)/t14-,17-/m1/s1. The second-order valence-electron chi connectivity index (χ2n) is 6.45. The zero-order chi connectivity index (χ0) is 17.4. The number of anilines is 1. The smallest absolute Gasteiger partial charge is 0.246 e. The maximum Gasteiger partial charge on any atom is 0.246 e. The lowest BCUT2D eigenvalue weighted by molar-refractivity contribution is -0.131. The number of hydrogen-bond donors (Lipinski definition) is 2. The van der Waals surface area contributed by atoms with Gasteiger partial charge in [-0.1, -0.05) is 44.9 Å². The minimum absolute atomic E-state index is 0.0217. The molecule has 1 aromatic carbocycles. The van der Waals surface area contributed by atoms with Crippen molar-refractivity contribution >= 4 is 17.5 Å². The maximum absolute atomic E-state index is 12.0. The molecule has 1 aliphatic rings. The Morgan fingerprint density at radius 1 is 1.17 bits per heavy atom. The predicted molar refractivity (Wildman–Crippen MR) is 94.8 cm³/mol. The number of aryl methyl sites for hydroxylation is 1. The molecule has 2 atom stereocenters. The van der Waals surface area contributed by atoms with Crippen LogP contribution in [0.5, 0.6) is 0 Å². The molecule has 0 saturated heterocycles. The van der Waals surface area contributed by atoms with E-state index in [-0.39, 0.29) is 31.1 Å². The number of ether oxygens (including phenoxy) is 1. The summed E-state index contributed by atoms with van der Waals surface area (Å²) < 4.78 is 5.70. The van der Waals surface area contributed by atoms with E-state index >= 15 is 0 Å². The van der Waals surface area contributed by atoms with Crippen molar-refractivity contribution in [1.82, 2.24) is 5.32 Å². The van der Waals surface area contributed by atoms with Gasteiger partial charge in [-0.3, -0.25) is 9.59 Å². The molecule has 5 nitrogen and oxygen atoms in total. The number of carbonyl (C=O) groups is 2. The number of rotatable bonds is 7. The van der Waals surface area contributed by atoms with Crippen LogP contribution in [0.25, 0.3) is 0 Å². The van der Waals surface area contributed by atoms with E-state index in [2.05, 4.69) is 17.6 Å². The summed E-state index contributed by atoms with van der Waals surface area (Å²) in [6, 6.07) is 7.67. The van der Waals surface area contributed by atoms with Crippen molar-refractivity contribution in [2.75, 3.05) is 18.5 Å². The molecule has 2 N–H and O–H groups in total. The van der Waals surface area contributed by atoms with Crippen molar-refractivity contribution < 1.29 is 14.3 Å². The van der Waals surface area contributed by atoms with Gasteiger partial charge in [-0.15, -0.1) is 0 Å². The van der Waals surface area contributed by atoms with Crippen LogP contribution in [0.1, 0.15) is 45.1 Å². The van der Waals surface area contributed by atoms with Crippen molar-refractivity contribution in [1.29, 1.82) is 0 Å². The van der Waals surface area contributed by atoms with Gasteiger partial charge in [0.15, 0.2) is 0 Å². The minimum atomic E-state index is -0.244. The van der Waals surface area contributed by atoms with Crippen LogP contribution >= 0.6 is 0 Å².